The van der Waals surface area contributed by atoms with Crippen molar-refractivity contribution >= 4 is 5.91 Å². The number of hydrogen-bond donors (Lipinski definition) is 2. The van der Waals surface area contributed by atoms with Gasteiger partial charge in [-0.1, -0.05) is 20.3 Å². The highest BCUT2D eigenvalue weighted by atomic mass is 16.5. The number of rotatable bonds is 10. The Bertz CT molecular complexity index is 174. The number of ether oxygens (including phenoxy) is 1. The lowest BCUT2D eigenvalue weighted by molar-refractivity contribution is -0.122. The van der Waals surface area contributed by atoms with Crippen molar-refractivity contribution in [3.8, 4) is 0 Å². The highest BCUT2D eigenvalue weighted by Crippen LogP contribution is 2.05. The van der Waals surface area contributed by atoms with Crippen LogP contribution in [0.25, 0.3) is 0 Å². The first-order valence-corrected chi connectivity index (χ1v) is 6.19. The van der Waals surface area contributed by atoms with Crippen LogP contribution in [0.2, 0.25) is 0 Å². The Hall–Kier alpha value is -0.610. The van der Waals surface area contributed by atoms with Crippen LogP contribution in [0.5, 0.6) is 0 Å². The molecule has 4 heteroatoms. The van der Waals surface area contributed by atoms with Crippen LogP contribution in [-0.4, -0.2) is 37.4 Å². The van der Waals surface area contributed by atoms with Gasteiger partial charge in [0, 0.05) is 26.2 Å². The third-order valence-corrected chi connectivity index (χ3v) is 2.52. The summed E-state index contributed by atoms with van der Waals surface area (Å²) in [5.74, 6) is 0.415. The molecule has 0 radical (unpaired) electrons. The lowest BCUT2D eigenvalue weighted by atomic mass is 10.0. The van der Waals surface area contributed by atoms with Crippen molar-refractivity contribution < 1.29 is 14.6 Å². The smallest absolute Gasteiger partial charge is 0.222 e. The molecule has 0 aromatic heterocycles. The SMILES string of the molecule is CCCOCCC(=O)NCC(CC)CCO. The van der Waals surface area contributed by atoms with E-state index in [1.807, 2.05) is 6.92 Å². The van der Waals surface area contributed by atoms with Gasteiger partial charge in [0.1, 0.15) is 0 Å². The molecule has 0 saturated heterocycles. The van der Waals surface area contributed by atoms with E-state index >= 15 is 0 Å². The van der Waals surface area contributed by atoms with E-state index in [4.69, 9.17) is 9.84 Å². The van der Waals surface area contributed by atoms with Gasteiger partial charge in [-0.3, -0.25) is 4.79 Å². The summed E-state index contributed by atoms with van der Waals surface area (Å²) in [5.41, 5.74) is 0. The predicted octanol–water partition coefficient (Wildman–Crippen LogP) is 1.33. The number of carbonyl (C=O) groups is 1. The zero-order valence-electron chi connectivity index (χ0n) is 10.5. The first-order valence-electron chi connectivity index (χ1n) is 6.19. The van der Waals surface area contributed by atoms with E-state index in [0.717, 1.165) is 25.9 Å². The fourth-order valence-corrected chi connectivity index (χ4v) is 1.39. The van der Waals surface area contributed by atoms with Gasteiger partial charge < -0.3 is 15.2 Å². The average molecular weight is 231 g/mol. The van der Waals surface area contributed by atoms with Crippen LogP contribution in [0.1, 0.15) is 39.5 Å². The fraction of sp³-hybridized carbons (Fsp3) is 0.917. The summed E-state index contributed by atoms with van der Waals surface area (Å²) in [6.45, 7) is 6.17. The highest BCUT2D eigenvalue weighted by molar-refractivity contribution is 5.75. The standard InChI is InChI=1S/C12H25NO3/c1-3-8-16-9-6-12(15)13-10-11(4-2)5-7-14/h11,14H,3-10H2,1-2H3,(H,13,15). The number of carbonyl (C=O) groups excluding carboxylic acids is 1. The van der Waals surface area contributed by atoms with Crippen molar-refractivity contribution in [1.29, 1.82) is 0 Å². The third-order valence-electron chi connectivity index (χ3n) is 2.52. The molecular formula is C12H25NO3. The summed E-state index contributed by atoms with van der Waals surface area (Å²) in [7, 11) is 0. The molecule has 96 valence electrons. The van der Waals surface area contributed by atoms with E-state index in [9.17, 15) is 4.79 Å². The van der Waals surface area contributed by atoms with E-state index < -0.39 is 0 Å². The van der Waals surface area contributed by atoms with Crippen LogP contribution in [0.3, 0.4) is 0 Å². The van der Waals surface area contributed by atoms with Crippen molar-refractivity contribution in [1.82, 2.24) is 5.32 Å². The Kier molecular flexibility index (Phi) is 10.5. The third kappa shape index (κ3) is 8.68. The van der Waals surface area contributed by atoms with Gasteiger partial charge in [0.05, 0.1) is 6.61 Å². The van der Waals surface area contributed by atoms with E-state index in [2.05, 4.69) is 12.2 Å². The van der Waals surface area contributed by atoms with E-state index in [1.54, 1.807) is 0 Å². The van der Waals surface area contributed by atoms with Crippen LogP contribution < -0.4 is 5.32 Å². The molecule has 0 heterocycles. The molecule has 0 aliphatic rings. The first kappa shape index (κ1) is 15.4. The summed E-state index contributed by atoms with van der Waals surface area (Å²) >= 11 is 0. The number of aliphatic hydroxyl groups excluding tert-OH is 1. The van der Waals surface area contributed by atoms with Crippen molar-refractivity contribution in [3.05, 3.63) is 0 Å². The largest absolute Gasteiger partial charge is 0.396 e. The van der Waals surface area contributed by atoms with E-state index in [-0.39, 0.29) is 12.5 Å². The molecule has 0 fully saturated rings. The zero-order valence-corrected chi connectivity index (χ0v) is 10.5. The van der Waals surface area contributed by atoms with Gasteiger partial charge in [0.25, 0.3) is 0 Å². The van der Waals surface area contributed by atoms with Gasteiger partial charge in [-0.15, -0.1) is 0 Å². The minimum atomic E-state index is 0.0347. The topological polar surface area (TPSA) is 58.6 Å². The fourth-order valence-electron chi connectivity index (χ4n) is 1.39. The zero-order chi connectivity index (χ0) is 12.2. The molecule has 2 N–H and O–H groups in total. The lowest BCUT2D eigenvalue weighted by Crippen LogP contribution is -2.30. The second-order valence-corrected chi connectivity index (χ2v) is 3.95. The number of nitrogens with one attached hydrogen (secondary N) is 1. The lowest BCUT2D eigenvalue weighted by Gasteiger charge is -2.14. The molecule has 0 aliphatic heterocycles. The average Bonchev–Trinajstić information content (AvgIpc) is 2.30. The Morgan fingerprint density at radius 2 is 2.12 bits per heavy atom. The summed E-state index contributed by atoms with van der Waals surface area (Å²) in [6, 6.07) is 0. The predicted molar refractivity (Wildman–Crippen MR) is 64.2 cm³/mol. The molecule has 16 heavy (non-hydrogen) atoms. The van der Waals surface area contributed by atoms with Crippen molar-refractivity contribution in [2.75, 3.05) is 26.4 Å². The number of amides is 1. The molecule has 1 atom stereocenters. The van der Waals surface area contributed by atoms with Crippen LogP contribution in [-0.2, 0) is 9.53 Å². The summed E-state index contributed by atoms with van der Waals surface area (Å²) in [6.07, 6.45) is 3.14. The number of aliphatic hydroxyl groups is 1. The van der Waals surface area contributed by atoms with Gasteiger partial charge >= 0.3 is 0 Å². The van der Waals surface area contributed by atoms with Gasteiger partial charge in [0.2, 0.25) is 5.91 Å². The molecule has 0 aliphatic carbocycles. The molecule has 1 amide bonds. The quantitative estimate of drug-likeness (QED) is 0.558. The second kappa shape index (κ2) is 10.9. The van der Waals surface area contributed by atoms with Crippen LogP contribution >= 0.6 is 0 Å². The highest BCUT2D eigenvalue weighted by Gasteiger charge is 2.07. The first-order chi connectivity index (χ1) is 7.74. The Labute approximate surface area is 98.4 Å². The van der Waals surface area contributed by atoms with Crippen molar-refractivity contribution in [2.24, 2.45) is 5.92 Å². The van der Waals surface area contributed by atoms with Crippen molar-refractivity contribution in [3.63, 3.8) is 0 Å². The van der Waals surface area contributed by atoms with Gasteiger partial charge in [-0.25, -0.2) is 0 Å². The van der Waals surface area contributed by atoms with Gasteiger partial charge in [-0.05, 0) is 18.8 Å². The molecule has 0 saturated carbocycles. The maximum absolute atomic E-state index is 11.4. The molecule has 0 aromatic carbocycles. The van der Waals surface area contributed by atoms with Gasteiger partial charge in [-0.2, -0.15) is 0 Å². The van der Waals surface area contributed by atoms with Crippen LogP contribution in [0, 0.1) is 5.92 Å². The maximum Gasteiger partial charge on any atom is 0.222 e. The minimum absolute atomic E-state index is 0.0347. The van der Waals surface area contributed by atoms with E-state index in [1.165, 1.54) is 0 Å². The van der Waals surface area contributed by atoms with Crippen LogP contribution in [0.15, 0.2) is 0 Å². The summed E-state index contributed by atoms with van der Waals surface area (Å²) < 4.78 is 5.23. The minimum Gasteiger partial charge on any atom is -0.396 e. The second-order valence-electron chi connectivity index (χ2n) is 3.95. The van der Waals surface area contributed by atoms with Crippen LogP contribution in [0.4, 0.5) is 0 Å². The molecule has 0 aromatic rings. The number of hydrogen-bond acceptors (Lipinski definition) is 3. The Morgan fingerprint density at radius 3 is 2.69 bits per heavy atom. The monoisotopic (exact) mass is 231 g/mol. The molecule has 0 rings (SSSR count). The molecule has 0 spiro atoms. The summed E-state index contributed by atoms with van der Waals surface area (Å²) in [5, 5.41) is 11.7. The van der Waals surface area contributed by atoms with Crippen molar-refractivity contribution in [2.45, 2.75) is 39.5 Å². The maximum atomic E-state index is 11.4. The normalized spacial score (nSPS) is 12.4. The molecule has 1 unspecified atom stereocenters. The molecule has 4 nitrogen and oxygen atoms in total. The molecule has 0 bridgehead atoms. The molecular weight excluding hydrogens is 206 g/mol. The van der Waals surface area contributed by atoms with E-state index in [0.29, 0.717) is 25.5 Å². The Morgan fingerprint density at radius 1 is 1.38 bits per heavy atom. The Balaban J connectivity index is 3.47. The van der Waals surface area contributed by atoms with Gasteiger partial charge in [0.15, 0.2) is 0 Å². The summed E-state index contributed by atoms with van der Waals surface area (Å²) in [4.78, 5) is 11.4.